The highest BCUT2D eigenvalue weighted by molar-refractivity contribution is 5.85. The van der Waals surface area contributed by atoms with Crippen LogP contribution in [0.4, 0.5) is 0 Å². The first-order valence-corrected chi connectivity index (χ1v) is 10.2. The van der Waals surface area contributed by atoms with Crippen molar-refractivity contribution >= 4 is 11.8 Å². The summed E-state index contributed by atoms with van der Waals surface area (Å²) in [5.41, 5.74) is 2.25. The van der Waals surface area contributed by atoms with E-state index in [0.29, 0.717) is 19.7 Å². The Bertz CT molecular complexity index is 789. The SMILES string of the molecule is COCCN(CC(=O)N(Cc1cccn1Cc1ccccc1)C(C)C)C(=O)COC. The van der Waals surface area contributed by atoms with Crippen LogP contribution in [0, 0.1) is 0 Å². The van der Waals surface area contributed by atoms with Crippen LogP contribution >= 0.6 is 0 Å². The van der Waals surface area contributed by atoms with Gasteiger partial charge >= 0.3 is 0 Å². The molecule has 0 aliphatic rings. The Hall–Kier alpha value is -2.64. The number of hydrogen-bond donors (Lipinski definition) is 0. The van der Waals surface area contributed by atoms with Gasteiger partial charge < -0.3 is 23.8 Å². The maximum Gasteiger partial charge on any atom is 0.249 e. The van der Waals surface area contributed by atoms with E-state index in [-0.39, 0.29) is 31.0 Å². The fraction of sp³-hybridized carbons (Fsp3) is 0.478. The minimum atomic E-state index is -0.223. The van der Waals surface area contributed by atoms with Gasteiger partial charge in [-0.2, -0.15) is 0 Å². The van der Waals surface area contributed by atoms with Gasteiger partial charge in [-0.1, -0.05) is 30.3 Å². The number of carbonyl (C=O) groups is 2. The van der Waals surface area contributed by atoms with E-state index < -0.39 is 0 Å². The Morgan fingerprint density at radius 2 is 1.73 bits per heavy atom. The molecule has 0 N–H and O–H groups in total. The summed E-state index contributed by atoms with van der Waals surface area (Å²) >= 11 is 0. The highest BCUT2D eigenvalue weighted by Crippen LogP contribution is 2.13. The molecule has 0 radical (unpaired) electrons. The van der Waals surface area contributed by atoms with Crippen molar-refractivity contribution in [2.45, 2.75) is 33.0 Å². The summed E-state index contributed by atoms with van der Waals surface area (Å²) < 4.78 is 12.2. The second kappa shape index (κ2) is 12.1. The van der Waals surface area contributed by atoms with Gasteiger partial charge in [0.15, 0.2) is 0 Å². The van der Waals surface area contributed by atoms with Gasteiger partial charge in [-0.05, 0) is 31.5 Å². The lowest BCUT2D eigenvalue weighted by molar-refractivity contribution is -0.144. The molecule has 0 aliphatic carbocycles. The third-order valence-electron chi connectivity index (χ3n) is 4.91. The summed E-state index contributed by atoms with van der Waals surface area (Å²) in [6, 6.07) is 14.2. The standard InChI is InChI=1S/C23H33N3O4/c1-19(2)26(22(27)17-25(13-14-29-3)23(28)18-30-4)16-21-11-8-12-24(21)15-20-9-6-5-7-10-20/h5-12,19H,13-18H2,1-4H3. The quantitative estimate of drug-likeness (QED) is 0.534. The molecule has 2 rings (SSSR count). The molecule has 0 saturated heterocycles. The fourth-order valence-corrected chi connectivity index (χ4v) is 3.22. The Balaban J connectivity index is 2.10. The van der Waals surface area contributed by atoms with Gasteiger partial charge in [-0.15, -0.1) is 0 Å². The van der Waals surface area contributed by atoms with Crippen LogP contribution in [-0.2, 0) is 32.2 Å². The Morgan fingerprint density at radius 3 is 2.37 bits per heavy atom. The van der Waals surface area contributed by atoms with E-state index in [1.54, 1.807) is 12.0 Å². The number of rotatable bonds is 12. The van der Waals surface area contributed by atoms with Crippen molar-refractivity contribution in [2.75, 3.05) is 40.5 Å². The molecule has 7 heteroatoms. The topological polar surface area (TPSA) is 64.0 Å². The molecule has 0 spiro atoms. The zero-order valence-electron chi connectivity index (χ0n) is 18.4. The van der Waals surface area contributed by atoms with E-state index in [9.17, 15) is 9.59 Å². The van der Waals surface area contributed by atoms with E-state index in [1.165, 1.54) is 17.6 Å². The van der Waals surface area contributed by atoms with Gasteiger partial charge in [0.05, 0.1) is 19.7 Å². The van der Waals surface area contributed by atoms with Gasteiger partial charge in [-0.3, -0.25) is 9.59 Å². The zero-order valence-corrected chi connectivity index (χ0v) is 18.4. The van der Waals surface area contributed by atoms with Crippen molar-refractivity contribution in [1.82, 2.24) is 14.4 Å². The Morgan fingerprint density at radius 1 is 1.00 bits per heavy atom. The predicted molar refractivity (Wildman–Crippen MR) is 116 cm³/mol. The molecule has 30 heavy (non-hydrogen) atoms. The van der Waals surface area contributed by atoms with Crippen molar-refractivity contribution in [3.8, 4) is 0 Å². The minimum absolute atomic E-state index is 0.000576. The van der Waals surface area contributed by atoms with Gasteiger partial charge in [-0.25, -0.2) is 0 Å². The lowest BCUT2D eigenvalue weighted by Crippen LogP contribution is -2.47. The molecular weight excluding hydrogens is 382 g/mol. The second-order valence-corrected chi connectivity index (χ2v) is 7.47. The summed E-state index contributed by atoms with van der Waals surface area (Å²) in [6.07, 6.45) is 2.03. The molecule has 1 aromatic carbocycles. The molecule has 2 aromatic rings. The van der Waals surface area contributed by atoms with Gasteiger partial charge in [0.1, 0.15) is 6.61 Å². The normalized spacial score (nSPS) is 11.0. The third-order valence-corrected chi connectivity index (χ3v) is 4.91. The van der Waals surface area contributed by atoms with Crippen LogP contribution in [-0.4, -0.2) is 72.7 Å². The lowest BCUT2D eigenvalue weighted by Gasteiger charge is -2.30. The summed E-state index contributed by atoms with van der Waals surface area (Å²) in [4.78, 5) is 28.7. The van der Waals surface area contributed by atoms with Gasteiger partial charge in [0, 0.05) is 45.2 Å². The summed E-state index contributed by atoms with van der Waals surface area (Å²) in [7, 11) is 3.04. The average molecular weight is 416 g/mol. The van der Waals surface area contributed by atoms with E-state index in [0.717, 1.165) is 12.2 Å². The molecule has 0 unspecified atom stereocenters. The van der Waals surface area contributed by atoms with Crippen LogP contribution in [0.5, 0.6) is 0 Å². The first-order chi connectivity index (χ1) is 14.5. The number of ether oxygens (including phenoxy) is 2. The van der Waals surface area contributed by atoms with Gasteiger partial charge in [0.25, 0.3) is 0 Å². The number of methoxy groups -OCH3 is 2. The van der Waals surface area contributed by atoms with Crippen LogP contribution < -0.4 is 0 Å². The van der Waals surface area contributed by atoms with Crippen molar-refractivity contribution in [1.29, 1.82) is 0 Å². The molecule has 1 heterocycles. The molecule has 2 amide bonds. The second-order valence-electron chi connectivity index (χ2n) is 7.47. The molecule has 1 aromatic heterocycles. The number of hydrogen-bond acceptors (Lipinski definition) is 4. The maximum absolute atomic E-state index is 13.1. The highest BCUT2D eigenvalue weighted by Gasteiger charge is 2.23. The van der Waals surface area contributed by atoms with E-state index in [1.807, 2.05) is 50.4 Å². The van der Waals surface area contributed by atoms with Crippen molar-refractivity contribution < 1.29 is 19.1 Å². The first kappa shape index (κ1) is 23.6. The van der Waals surface area contributed by atoms with Crippen LogP contribution in [0.15, 0.2) is 48.7 Å². The van der Waals surface area contributed by atoms with Crippen molar-refractivity contribution in [3.63, 3.8) is 0 Å². The molecule has 7 nitrogen and oxygen atoms in total. The first-order valence-electron chi connectivity index (χ1n) is 10.2. The van der Waals surface area contributed by atoms with Crippen molar-refractivity contribution in [3.05, 3.63) is 59.9 Å². The summed E-state index contributed by atoms with van der Waals surface area (Å²) in [5, 5.41) is 0. The Labute approximate surface area is 179 Å². The van der Waals surface area contributed by atoms with Crippen LogP contribution in [0.3, 0.4) is 0 Å². The lowest BCUT2D eigenvalue weighted by atomic mass is 10.2. The molecule has 0 fully saturated rings. The molecule has 0 saturated carbocycles. The molecule has 0 aliphatic heterocycles. The van der Waals surface area contributed by atoms with E-state index in [2.05, 4.69) is 16.7 Å². The minimum Gasteiger partial charge on any atom is -0.383 e. The summed E-state index contributed by atoms with van der Waals surface area (Å²) in [5.74, 6) is -0.322. The number of carbonyl (C=O) groups excluding carboxylic acids is 2. The number of nitrogens with zero attached hydrogens (tertiary/aromatic N) is 3. The molecule has 164 valence electrons. The highest BCUT2D eigenvalue weighted by atomic mass is 16.5. The summed E-state index contributed by atoms with van der Waals surface area (Å²) in [6.45, 7) is 5.85. The van der Waals surface area contributed by atoms with Crippen molar-refractivity contribution in [2.24, 2.45) is 0 Å². The van der Waals surface area contributed by atoms with Gasteiger partial charge in [0.2, 0.25) is 11.8 Å². The largest absolute Gasteiger partial charge is 0.383 e. The molecular formula is C23H33N3O4. The monoisotopic (exact) mass is 415 g/mol. The zero-order chi connectivity index (χ0) is 21.9. The maximum atomic E-state index is 13.1. The smallest absolute Gasteiger partial charge is 0.249 e. The third kappa shape index (κ3) is 7.00. The average Bonchev–Trinajstić information content (AvgIpc) is 3.16. The number of aromatic nitrogens is 1. The predicted octanol–water partition coefficient (Wildman–Crippen LogP) is 2.39. The number of benzene rings is 1. The van der Waals surface area contributed by atoms with Crippen LogP contribution in [0.1, 0.15) is 25.1 Å². The van der Waals surface area contributed by atoms with Crippen LogP contribution in [0.2, 0.25) is 0 Å². The Kier molecular flexibility index (Phi) is 9.57. The van der Waals surface area contributed by atoms with E-state index in [4.69, 9.17) is 9.47 Å². The fourth-order valence-electron chi connectivity index (χ4n) is 3.22. The van der Waals surface area contributed by atoms with E-state index >= 15 is 0 Å². The van der Waals surface area contributed by atoms with Crippen LogP contribution in [0.25, 0.3) is 0 Å². The molecule has 0 atom stereocenters. The molecule has 0 bridgehead atoms. The number of amides is 2.